The van der Waals surface area contributed by atoms with E-state index in [4.69, 9.17) is 4.74 Å². The fourth-order valence-electron chi connectivity index (χ4n) is 5.06. The maximum Gasteiger partial charge on any atom is 0.262 e. The van der Waals surface area contributed by atoms with Crippen molar-refractivity contribution in [1.29, 1.82) is 0 Å². The van der Waals surface area contributed by atoms with E-state index in [1.807, 2.05) is 141 Å². The molecule has 5 aromatic carbocycles. The Hall–Kier alpha value is -5.23. The number of carbonyl (C=O) groups excluding carboxylic acids is 2. The number of nitrogens with zero attached hydrogens (tertiary/aromatic N) is 1. The minimum Gasteiger partial charge on any atom is -0.488 e. The quantitative estimate of drug-likeness (QED) is 0.135. The van der Waals surface area contributed by atoms with E-state index < -0.39 is 17.9 Å². The molecule has 0 spiro atoms. The third kappa shape index (κ3) is 7.35. The zero-order valence-corrected chi connectivity index (χ0v) is 24.3. The Labute approximate surface area is 252 Å². The van der Waals surface area contributed by atoms with E-state index >= 15 is 0 Å². The maximum absolute atomic E-state index is 13.7. The highest BCUT2D eigenvalue weighted by atomic mass is 16.5. The van der Waals surface area contributed by atoms with Crippen molar-refractivity contribution in [2.75, 3.05) is 0 Å². The first-order chi connectivity index (χ1) is 21.0. The van der Waals surface area contributed by atoms with E-state index in [0.717, 1.165) is 33.0 Å². The van der Waals surface area contributed by atoms with Crippen molar-refractivity contribution in [3.05, 3.63) is 150 Å². The van der Waals surface area contributed by atoms with Crippen molar-refractivity contribution in [3.63, 3.8) is 0 Å². The van der Waals surface area contributed by atoms with Gasteiger partial charge in [-0.2, -0.15) is 5.10 Å². The molecule has 0 radical (unpaired) electrons. The second kappa shape index (κ2) is 14.1. The van der Waals surface area contributed by atoms with Gasteiger partial charge in [-0.25, -0.2) is 5.43 Å². The van der Waals surface area contributed by atoms with E-state index in [2.05, 4.69) is 15.8 Å². The fourth-order valence-corrected chi connectivity index (χ4v) is 5.06. The number of benzene rings is 5. The van der Waals surface area contributed by atoms with Crippen molar-refractivity contribution in [3.8, 4) is 5.75 Å². The van der Waals surface area contributed by atoms with Gasteiger partial charge in [-0.05, 0) is 39.4 Å². The maximum atomic E-state index is 13.7. The lowest BCUT2D eigenvalue weighted by Gasteiger charge is -2.24. The Balaban J connectivity index is 1.34. The molecule has 0 fully saturated rings. The standard InChI is InChI=1S/C37H35N3O3/c1-26(2)35(39-36(41)34(29-17-8-4-9-18-29)30-19-10-5-11-20-30)37(42)40-38-24-32-31-21-13-12-16-28(31)22-23-33(32)43-25-27-14-6-3-7-15-27/h3-24,26,34-35H,25H2,1-2H3,(H,39,41)(H,40,42)/b38-24-/t35-/m0/s1. The second-order valence-corrected chi connectivity index (χ2v) is 10.7. The number of hydrogen-bond donors (Lipinski definition) is 2. The van der Waals surface area contributed by atoms with Gasteiger partial charge in [-0.1, -0.05) is 135 Å². The predicted molar refractivity (Wildman–Crippen MR) is 172 cm³/mol. The van der Waals surface area contributed by atoms with Gasteiger partial charge in [0.15, 0.2) is 0 Å². The molecule has 0 aliphatic heterocycles. The summed E-state index contributed by atoms with van der Waals surface area (Å²) in [5.74, 6) is -0.719. The van der Waals surface area contributed by atoms with Gasteiger partial charge in [0.1, 0.15) is 18.4 Å². The fraction of sp³-hybridized carbons (Fsp3) is 0.162. The molecular weight excluding hydrogens is 534 g/mol. The van der Waals surface area contributed by atoms with Gasteiger partial charge in [0.05, 0.1) is 12.1 Å². The van der Waals surface area contributed by atoms with E-state index in [9.17, 15) is 9.59 Å². The van der Waals surface area contributed by atoms with E-state index in [0.29, 0.717) is 12.4 Å². The monoisotopic (exact) mass is 569 g/mol. The molecule has 5 rings (SSSR count). The zero-order chi connectivity index (χ0) is 30.0. The molecule has 0 unspecified atom stereocenters. The molecule has 0 saturated carbocycles. The molecule has 2 amide bonds. The number of hydrogen-bond acceptors (Lipinski definition) is 4. The van der Waals surface area contributed by atoms with Crippen LogP contribution in [0.15, 0.2) is 132 Å². The number of hydrazone groups is 1. The summed E-state index contributed by atoms with van der Waals surface area (Å²) in [5.41, 5.74) is 6.17. The number of ether oxygens (including phenoxy) is 1. The SMILES string of the molecule is CC(C)[C@H](NC(=O)C(c1ccccc1)c1ccccc1)C(=O)N/N=C\c1c(OCc2ccccc2)ccc2ccccc12. The van der Waals surface area contributed by atoms with Crippen LogP contribution in [0.1, 0.15) is 42.0 Å². The Morgan fingerprint density at radius 2 is 1.30 bits per heavy atom. The number of rotatable bonds is 11. The Kier molecular flexibility index (Phi) is 9.60. The van der Waals surface area contributed by atoms with Crippen molar-refractivity contribution in [2.45, 2.75) is 32.4 Å². The summed E-state index contributed by atoms with van der Waals surface area (Å²) < 4.78 is 6.18. The van der Waals surface area contributed by atoms with Gasteiger partial charge < -0.3 is 10.1 Å². The molecule has 0 aliphatic carbocycles. The van der Waals surface area contributed by atoms with Crippen molar-refractivity contribution in [2.24, 2.45) is 11.0 Å². The van der Waals surface area contributed by atoms with Crippen LogP contribution in [0, 0.1) is 5.92 Å². The highest BCUT2D eigenvalue weighted by molar-refractivity contribution is 6.03. The first kappa shape index (κ1) is 29.3. The highest BCUT2D eigenvalue weighted by Crippen LogP contribution is 2.28. The summed E-state index contributed by atoms with van der Waals surface area (Å²) in [4.78, 5) is 27.1. The van der Waals surface area contributed by atoms with Gasteiger partial charge in [-0.15, -0.1) is 0 Å². The molecule has 0 aliphatic rings. The zero-order valence-electron chi connectivity index (χ0n) is 24.3. The van der Waals surface area contributed by atoms with Crippen LogP contribution in [0.4, 0.5) is 0 Å². The molecule has 43 heavy (non-hydrogen) atoms. The van der Waals surface area contributed by atoms with Crippen LogP contribution in [0.25, 0.3) is 10.8 Å². The summed E-state index contributed by atoms with van der Waals surface area (Å²) in [6.45, 7) is 4.20. The third-order valence-corrected chi connectivity index (χ3v) is 7.31. The molecule has 2 N–H and O–H groups in total. The van der Waals surface area contributed by atoms with Gasteiger partial charge in [-0.3, -0.25) is 9.59 Å². The van der Waals surface area contributed by atoms with Crippen molar-refractivity contribution < 1.29 is 14.3 Å². The summed E-state index contributed by atoms with van der Waals surface area (Å²) in [6.07, 6.45) is 1.61. The van der Waals surface area contributed by atoms with E-state index in [1.165, 1.54) is 0 Å². The van der Waals surface area contributed by atoms with Crippen molar-refractivity contribution in [1.82, 2.24) is 10.7 Å². The predicted octanol–water partition coefficient (Wildman–Crippen LogP) is 6.84. The molecular formula is C37H35N3O3. The molecule has 0 saturated heterocycles. The van der Waals surface area contributed by atoms with Gasteiger partial charge in [0, 0.05) is 5.56 Å². The van der Waals surface area contributed by atoms with Crippen LogP contribution < -0.4 is 15.5 Å². The lowest BCUT2D eigenvalue weighted by atomic mass is 9.89. The second-order valence-electron chi connectivity index (χ2n) is 10.7. The lowest BCUT2D eigenvalue weighted by molar-refractivity contribution is -0.130. The molecule has 0 bridgehead atoms. The smallest absolute Gasteiger partial charge is 0.262 e. The summed E-state index contributed by atoms with van der Waals surface area (Å²) in [6, 6.07) is 40.2. The molecule has 5 aromatic rings. The highest BCUT2D eigenvalue weighted by Gasteiger charge is 2.29. The van der Waals surface area contributed by atoms with Crippen LogP contribution in [0.2, 0.25) is 0 Å². The molecule has 1 atom stereocenters. The van der Waals surface area contributed by atoms with Crippen LogP contribution in [-0.4, -0.2) is 24.1 Å². The minimum atomic E-state index is -0.791. The van der Waals surface area contributed by atoms with Crippen molar-refractivity contribution >= 4 is 28.8 Å². The Bertz CT molecular complexity index is 1650. The molecule has 6 heteroatoms. The largest absolute Gasteiger partial charge is 0.488 e. The third-order valence-electron chi connectivity index (χ3n) is 7.31. The summed E-state index contributed by atoms with van der Waals surface area (Å²) in [5, 5.41) is 9.30. The van der Waals surface area contributed by atoms with Crippen LogP contribution in [0.3, 0.4) is 0 Å². The first-order valence-electron chi connectivity index (χ1n) is 14.4. The van der Waals surface area contributed by atoms with Crippen LogP contribution in [-0.2, 0) is 16.2 Å². The topological polar surface area (TPSA) is 79.8 Å². The average Bonchev–Trinajstić information content (AvgIpc) is 3.04. The summed E-state index contributed by atoms with van der Waals surface area (Å²) in [7, 11) is 0. The normalized spacial score (nSPS) is 12.0. The number of nitrogens with one attached hydrogen (secondary N) is 2. The Morgan fingerprint density at radius 1 is 0.721 bits per heavy atom. The number of fused-ring (bicyclic) bond motifs is 1. The van der Waals surface area contributed by atoms with Gasteiger partial charge in [0.25, 0.3) is 5.91 Å². The van der Waals surface area contributed by atoms with Crippen LogP contribution in [0.5, 0.6) is 5.75 Å². The Morgan fingerprint density at radius 3 is 1.93 bits per heavy atom. The van der Waals surface area contributed by atoms with Gasteiger partial charge in [0.2, 0.25) is 5.91 Å². The van der Waals surface area contributed by atoms with E-state index in [-0.39, 0.29) is 11.8 Å². The molecule has 0 heterocycles. The summed E-state index contributed by atoms with van der Waals surface area (Å²) >= 11 is 0. The average molecular weight is 570 g/mol. The van der Waals surface area contributed by atoms with E-state index in [1.54, 1.807) is 6.21 Å². The van der Waals surface area contributed by atoms with Crippen LogP contribution >= 0.6 is 0 Å². The molecule has 216 valence electrons. The first-order valence-corrected chi connectivity index (χ1v) is 14.4. The number of amides is 2. The number of carbonyl (C=O) groups is 2. The molecule has 6 nitrogen and oxygen atoms in total. The lowest BCUT2D eigenvalue weighted by Crippen LogP contribution is -2.50. The molecule has 0 aromatic heterocycles. The van der Waals surface area contributed by atoms with Gasteiger partial charge >= 0.3 is 0 Å². The minimum absolute atomic E-state index is 0.173.